The Bertz CT molecular complexity index is 1260. The number of nitrogens with one attached hydrogen (secondary N) is 1. The minimum absolute atomic E-state index is 0.0322. The van der Waals surface area contributed by atoms with Crippen LogP contribution in [-0.4, -0.2) is 26.0 Å². The van der Waals surface area contributed by atoms with Gasteiger partial charge in [0.1, 0.15) is 17.2 Å². The van der Waals surface area contributed by atoms with Crippen molar-refractivity contribution in [3.8, 4) is 11.5 Å². The van der Waals surface area contributed by atoms with Crippen LogP contribution in [0.25, 0.3) is 5.57 Å². The lowest BCUT2D eigenvalue weighted by molar-refractivity contribution is -0.137. The molecule has 0 atom stereocenters. The van der Waals surface area contributed by atoms with E-state index in [4.69, 9.17) is 9.47 Å². The molecule has 2 amide bonds. The Morgan fingerprint density at radius 2 is 1.44 bits per heavy atom. The molecule has 1 aliphatic rings. The summed E-state index contributed by atoms with van der Waals surface area (Å²) in [6.07, 6.45) is -4.63. The second kappa shape index (κ2) is 8.93. The van der Waals surface area contributed by atoms with E-state index in [0.29, 0.717) is 22.7 Å². The molecule has 0 aliphatic carbocycles. The van der Waals surface area contributed by atoms with Gasteiger partial charge in [0, 0.05) is 23.9 Å². The number of benzene rings is 3. The Kier molecular flexibility index (Phi) is 6.02. The Balaban J connectivity index is 1.82. The number of carbonyl (C=O) groups excluding carboxylic acids is 2. The summed E-state index contributed by atoms with van der Waals surface area (Å²) in [5.41, 5.74) is -0.364. The number of alkyl halides is 3. The largest absolute Gasteiger partial charge is 0.497 e. The summed E-state index contributed by atoms with van der Waals surface area (Å²) in [6.45, 7) is 0. The van der Waals surface area contributed by atoms with Gasteiger partial charge in [-0.15, -0.1) is 0 Å². The molecule has 6 nitrogen and oxygen atoms in total. The number of nitrogens with zero attached hydrogens (tertiary/aromatic N) is 1. The average Bonchev–Trinajstić information content (AvgIpc) is 3.07. The monoisotopic (exact) mass is 468 g/mol. The molecular formula is C25H19F3N2O4. The van der Waals surface area contributed by atoms with Crippen LogP contribution in [-0.2, 0) is 15.8 Å². The van der Waals surface area contributed by atoms with Gasteiger partial charge in [0.25, 0.3) is 11.8 Å². The van der Waals surface area contributed by atoms with E-state index in [1.807, 2.05) is 0 Å². The molecular weight excluding hydrogens is 449 g/mol. The molecule has 1 aliphatic heterocycles. The summed E-state index contributed by atoms with van der Waals surface area (Å²) in [5.74, 6) is -0.650. The third-order valence-electron chi connectivity index (χ3n) is 5.20. The highest BCUT2D eigenvalue weighted by atomic mass is 19.4. The number of methoxy groups -OCH3 is 2. The van der Waals surface area contributed by atoms with Crippen LogP contribution in [0.1, 0.15) is 11.1 Å². The molecule has 3 aromatic rings. The predicted octanol–water partition coefficient (Wildman–Crippen LogP) is 5.12. The van der Waals surface area contributed by atoms with E-state index >= 15 is 0 Å². The van der Waals surface area contributed by atoms with Crippen LogP contribution in [0, 0.1) is 0 Å². The molecule has 3 aromatic carbocycles. The number of anilines is 2. The van der Waals surface area contributed by atoms with E-state index in [1.54, 1.807) is 48.5 Å². The highest BCUT2D eigenvalue weighted by Gasteiger charge is 2.41. The fourth-order valence-corrected chi connectivity index (χ4v) is 3.60. The quantitative estimate of drug-likeness (QED) is 0.509. The summed E-state index contributed by atoms with van der Waals surface area (Å²) < 4.78 is 50.3. The van der Waals surface area contributed by atoms with Crippen molar-refractivity contribution in [1.82, 2.24) is 0 Å². The fraction of sp³-hybridized carbons (Fsp3) is 0.120. The van der Waals surface area contributed by atoms with Crippen LogP contribution < -0.4 is 19.7 Å². The second-order valence-corrected chi connectivity index (χ2v) is 7.34. The van der Waals surface area contributed by atoms with E-state index < -0.39 is 23.6 Å². The van der Waals surface area contributed by atoms with Crippen LogP contribution in [0.3, 0.4) is 0 Å². The van der Waals surface area contributed by atoms with Gasteiger partial charge < -0.3 is 14.8 Å². The van der Waals surface area contributed by atoms with Crippen LogP contribution in [0.2, 0.25) is 0 Å². The van der Waals surface area contributed by atoms with E-state index in [2.05, 4.69) is 5.32 Å². The van der Waals surface area contributed by atoms with Gasteiger partial charge in [0.05, 0.1) is 31.0 Å². The van der Waals surface area contributed by atoms with Gasteiger partial charge in [0.15, 0.2) is 0 Å². The summed E-state index contributed by atoms with van der Waals surface area (Å²) in [5, 5.41) is 2.95. The first-order valence-electron chi connectivity index (χ1n) is 10.1. The zero-order chi connectivity index (χ0) is 24.5. The van der Waals surface area contributed by atoms with Crippen molar-refractivity contribution < 1.29 is 32.2 Å². The van der Waals surface area contributed by atoms with Crippen molar-refractivity contribution >= 4 is 28.8 Å². The van der Waals surface area contributed by atoms with Crippen molar-refractivity contribution in [2.45, 2.75) is 6.18 Å². The fourth-order valence-electron chi connectivity index (χ4n) is 3.60. The SMILES string of the molecule is COc1cc(NC2=C(c3ccccc3)C(=O)N(c3cccc(C(F)(F)F)c3)C2=O)cc(OC)c1. The van der Waals surface area contributed by atoms with Crippen molar-refractivity contribution in [3.05, 3.63) is 89.6 Å². The second-order valence-electron chi connectivity index (χ2n) is 7.34. The number of rotatable bonds is 6. The molecule has 9 heteroatoms. The van der Waals surface area contributed by atoms with Crippen LogP contribution >= 0.6 is 0 Å². The molecule has 0 spiro atoms. The molecule has 0 aromatic heterocycles. The van der Waals surface area contributed by atoms with Gasteiger partial charge in [-0.25, -0.2) is 4.90 Å². The maximum absolute atomic E-state index is 13.4. The van der Waals surface area contributed by atoms with E-state index in [-0.39, 0.29) is 17.0 Å². The summed E-state index contributed by atoms with van der Waals surface area (Å²) >= 11 is 0. The molecule has 0 saturated heterocycles. The van der Waals surface area contributed by atoms with E-state index in [0.717, 1.165) is 23.1 Å². The molecule has 174 valence electrons. The molecule has 1 heterocycles. The summed E-state index contributed by atoms with van der Waals surface area (Å²) in [7, 11) is 2.93. The normalized spacial score (nSPS) is 14.0. The lowest BCUT2D eigenvalue weighted by atomic mass is 10.0. The molecule has 0 bridgehead atoms. The minimum Gasteiger partial charge on any atom is -0.497 e. The zero-order valence-corrected chi connectivity index (χ0v) is 18.1. The third kappa shape index (κ3) is 4.32. The molecule has 0 fully saturated rings. The first kappa shape index (κ1) is 22.9. The number of hydrogen-bond donors (Lipinski definition) is 1. The molecule has 4 rings (SSSR count). The van der Waals surface area contributed by atoms with Crippen molar-refractivity contribution in [2.24, 2.45) is 0 Å². The molecule has 1 N–H and O–H groups in total. The Morgan fingerprint density at radius 1 is 0.794 bits per heavy atom. The third-order valence-corrected chi connectivity index (χ3v) is 5.20. The highest BCUT2D eigenvalue weighted by Crippen LogP contribution is 2.37. The smallest absolute Gasteiger partial charge is 0.416 e. The van der Waals surface area contributed by atoms with Gasteiger partial charge in [-0.2, -0.15) is 13.2 Å². The van der Waals surface area contributed by atoms with Crippen LogP contribution in [0.15, 0.2) is 78.5 Å². The number of hydrogen-bond acceptors (Lipinski definition) is 5. The van der Waals surface area contributed by atoms with E-state index in [1.165, 1.54) is 20.3 Å². The predicted molar refractivity (Wildman–Crippen MR) is 120 cm³/mol. The Labute approximate surface area is 193 Å². The molecule has 0 unspecified atom stereocenters. The van der Waals surface area contributed by atoms with Crippen molar-refractivity contribution in [1.29, 1.82) is 0 Å². The lowest BCUT2D eigenvalue weighted by Gasteiger charge is -2.17. The molecule has 0 saturated carbocycles. The highest BCUT2D eigenvalue weighted by molar-refractivity contribution is 6.46. The van der Waals surface area contributed by atoms with Crippen molar-refractivity contribution in [2.75, 3.05) is 24.4 Å². The van der Waals surface area contributed by atoms with Gasteiger partial charge in [-0.1, -0.05) is 36.4 Å². The first-order chi connectivity index (χ1) is 16.2. The Morgan fingerprint density at radius 3 is 2.03 bits per heavy atom. The lowest BCUT2D eigenvalue weighted by Crippen LogP contribution is -2.32. The van der Waals surface area contributed by atoms with Gasteiger partial charge in [-0.05, 0) is 23.8 Å². The molecule has 0 radical (unpaired) electrons. The van der Waals surface area contributed by atoms with Gasteiger partial charge in [0.2, 0.25) is 0 Å². The number of halogens is 3. The number of ether oxygens (including phenoxy) is 2. The average molecular weight is 468 g/mol. The van der Waals surface area contributed by atoms with E-state index in [9.17, 15) is 22.8 Å². The minimum atomic E-state index is -4.63. The zero-order valence-electron chi connectivity index (χ0n) is 18.1. The van der Waals surface area contributed by atoms with Gasteiger partial charge >= 0.3 is 6.18 Å². The Hall–Kier alpha value is -4.27. The maximum atomic E-state index is 13.4. The van der Waals surface area contributed by atoms with Crippen LogP contribution in [0.5, 0.6) is 11.5 Å². The standard InChI is InChI=1S/C25H19F3N2O4/c1-33-19-12-17(13-20(14-19)34-2)29-22-21(15-7-4-3-5-8-15)23(31)30(24(22)32)18-10-6-9-16(11-18)25(26,27)28/h3-14,29H,1-2H3. The summed E-state index contributed by atoms with van der Waals surface area (Å²) in [6, 6.07) is 17.3. The van der Waals surface area contributed by atoms with Crippen molar-refractivity contribution in [3.63, 3.8) is 0 Å². The number of imide groups is 1. The molecule has 34 heavy (non-hydrogen) atoms. The number of carbonyl (C=O) groups is 2. The first-order valence-corrected chi connectivity index (χ1v) is 10.1. The van der Waals surface area contributed by atoms with Crippen LogP contribution in [0.4, 0.5) is 24.5 Å². The summed E-state index contributed by atoms with van der Waals surface area (Å²) in [4.78, 5) is 27.6. The maximum Gasteiger partial charge on any atom is 0.416 e. The number of amides is 2. The van der Waals surface area contributed by atoms with Gasteiger partial charge in [-0.3, -0.25) is 9.59 Å². The topological polar surface area (TPSA) is 67.9 Å².